The third-order valence-corrected chi connectivity index (χ3v) is 9.78. The summed E-state index contributed by atoms with van der Waals surface area (Å²) in [6.45, 7) is 7.97. The summed E-state index contributed by atoms with van der Waals surface area (Å²) in [7, 11) is -1.43. The Morgan fingerprint density at radius 3 is 2.30 bits per heavy atom. The van der Waals surface area contributed by atoms with Crippen molar-refractivity contribution in [2.45, 2.75) is 29.4 Å². The minimum atomic E-state index is -3.57. The molecule has 0 aromatic heterocycles. The molecule has 6 nitrogen and oxygen atoms in total. The number of amides is 1. The third kappa shape index (κ3) is 5.61. The summed E-state index contributed by atoms with van der Waals surface area (Å²) >= 11 is 1.36. The highest BCUT2D eigenvalue weighted by molar-refractivity contribution is 8.04. The van der Waals surface area contributed by atoms with E-state index in [0.29, 0.717) is 10.6 Å². The van der Waals surface area contributed by atoms with E-state index in [1.807, 2.05) is 50.3 Å². The van der Waals surface area contributed by atoms with E-state index < -0.39 is 9.84 Å². The number of aryl methyl sites for hydroxylation is 2. The first-order valence-electron chi connectivity index (χ1n) is 12.4. The molecule has 3 aromatic rings. The molecule has 0 atom stereocenters. The number of hydrogen-bond donors (Lipinski definition) is 1. The van der Waals surface area contributed by atoms with Gasteiger partial charge in [0.25, 0.3) is 5.91 Å². The Kier molecular flexibility index (Phi) is 7.16. The predicted octanol–water partition coefficient (Wildman–Crippen LogP) is 5.11. The molecular formula is C29H31N3O3S2. The number of anilines is 2. The molecule has 1 saturated heterocycles. The topological polar surface area (TPSA) is 69.7 Å². The third-order valence-electron chi connectivity index (χ3n) is 7.04. The van der Waals surface area contributed by atoms with Crippen LogP contribution in [0.5, 0.6) is 0 Å². The molecule has 0 saturated carbocycles. The van der Waals surface area contributed by atoms with E-state index in [9.17, 15) is 13.2 Å². The zero-order valence-corrected chi connectivity index (χ0v) is 23.0. The van der Waals surface area contributed by atoms with Crippen LogP contribution in [0.15, 0.2) is 75.4 Å². The van der Waals surface area contributed by atoms with Gasteiger partial charge in [-0.1, -0.05) is 42.1 Å². The Labute approximate surface area is 223 Å². The first kappa shape index (κ1) is 25.6. The van der Waals surface area contributed by atoms with Crippen molar-refractivity contribution in [1.29, 1.82) is 0 Å². The zero-order chi connectivity index (χ0) is 26.2. The SMILES string of the molecule is Cc1cccc(C)c1CS(=O)(=O)c1ccc2c(c1)NC(=O)/C(=C/c1ccc(N3CCN(C)CC3)cc1)S2. The number of fused-ring (bicyclic) bond motifs is 1. The Bertz CT molecular complexity index is 1450. The summed E-state index contributed by atoms with van der Waals surface area (Å²) in [6, 6.07) is 19.0. The minimum Gasteiger partial charge on any atom is -0.369 e. The molecule has 2 heterocycles. The Hall–Kier alpha value is -3.07. The van der Waals surface area contributed by atoms with Crippen LogP contribution in [0.1, 0.15) is 22.3 Å². The standard InChI is InChI=1S/C29H31N3O3S2/c1-20-5-4-6-21(2)25(20)19-37(34,35)24-11-12-27-26(18-24)30-29(33)28(36-27)17-22-7-9-23(10-8-22)32-15-13-31(3)14-16-32/h4-12,17-18H,13-16,19H2,1-3H3,(H,30,33)/b28-17-. The van der Waals surface area contributed by atoms with Crippen LogP contribution in [0.3, 0.4) is 0 Å². The molecule has 3 aromatic carbocycles. The number of benzene rings is 3. The number of piperazine rings is 1. The number of sulfone groups is 1. The van der Waals surface area contributed by atoms with Crippen LogP contribution in [0.2, 0.25) is 0 Å². The van der Waals surface area contributed by atoms with Gasteiger partial charge in [0.15, 0.2) is 9.84 Å². The van der Waals surface area contributed by atoms with Crippen LogP contribution in [0.4, 0.5) is 11.4 Å². The van der Waals surface area contributed by atoms with Crippen molar-refractivity contribution < 1.29 is 13.2 Å². The van der Waals surface area contributed by atoms with E-state index in [1.165, 1.54) is 17.4 Å². The number of hydrogen-bond acceptors (Lipinski definition) is 6. The summed E-state index contributed by atoms with van der Waals surface area (Å²) in [5.41, 5.74) is 5.40. The first-order chi connectivity index (χ1) is 17.7. The van der Waals surface area contributed by atoms with Gasteiger partial charge in [0.2, 0.25) is 0 Å². The van der Waals surface area contributed by atoms with E-state index in [1.54, 1.807) is 18.2 Å². The Morgan fingerprint density at radius 2 is 1.62 bits per heavy atom. The lowest BCUT2D eigenvalue weighted by Gasteiger charge is -2.34. The van der Waals surface area contributed by atoms with Crippen molar-refractivity contribution in [1.82, 2.24) is 4.90 Å². The van der Waals surface area contributed by atoms with Crippen molar-refractivity contribution in [3.05, 3.63) is 87.8 Å². The number of rotatable bonds is 5. The van der Waals surface area contributed by atoms with E-state index in [4.69, 9.17) is 0 Å². The molecule has 8 heteroatoms. The lowest BCUT2D eigenvalue weighted by Crippen LogP contribution is -2.44. The summed E-state index contributed by atoms with van der Waals surface area (Å²) < 4.78 is 26.4. The molecule has 0 radical (unpaired) electrons. The van der Waals surface area contributed by atoms with Gasteiger partial charge in [0.05, 0.1) is 21.2 Å². The fourth-order valence-corrected chi connectivity index (χ4v) is 7.19. The second-order valence-electron chi connectivity index (χ2n) is 9.73. The van der Waals surface area contributed by atoms with Crippen LogP contribution < -0.4 is 10.2 Å². The number of nitrogens with zero attached hydrogens (tertiary/aromatic N) is 2. The quantitative estimate of drug-likeness (QED) is 0.460. The monoisotopic (exact) mass is 533 g/mol. The van der Waals surface area contributed by atoms with Gasteiger partial charge in [0.1, 0.15) is 0 Å². The lowest BCUT2D eigenvalue weighted by atomic mass is 10.1. The maximum absolute atomic E-state index is 13.2. The second kappa shape index (κ2) is 10.4. The Balaban J connectivity index is 1.33. The molecular weight excluding hydrogens is 502 g/mol. The fourth-order valence-electron chi connectivity index (χ4n) is 4.68. The molecule has 1 amide bonds. The lowest BCUT2D eigenvalue weighted by molar-refractivity contribution is -0.112. The largest absolute Gasteiger partial charge is 0.369 e. The molecule has 2 aliphatic heterocycles. The summed E-state index contributed by atoms with van der Waals surface area (Å²) in [5, 5.41) is 2.89. The van der Waals surface area contributed by atoms with E-state index in [0.717, 1.165) is 53.3 Å². The number of thioether (sulfide) groups is 1. The van der Waals surface area contributed by atoms with Gasteiger partial charge >= 0.3 is 0 Å². The highest BCUT2D eigenvalue weighted by Crippen LogP contribution is 2.40. The zero-order valence-electron chi connectivity index (χ0n) is 21.3. The molecule has 1 N–H and O–H groups in total. The highest BCUT2D eigenvalue weighted by atomic mass is 32.2. The van der Waals surface area contributed by atoms with E-state index in [-0.39, 0.29) is 16.6 Å². The molecule has 5 rings (SSSR count). The molecule has 0 bridgehead atoms. The summed E-state index contributed by atoms with van der Waals surface area (Å²) in [5.74, 6) is -0.300. The van der Waals surface area contributed by atoms with Gasteiger partial charge in [-0.2, -0.15) is 0 Å². The van der Waals surface area contributed by atoms with Crippen LogP contribution in [0.25, 0.3) is 6.08 Å². The van der Waals surface area contributed by atoms with Crippen molar-refractivity contribution in [3.63, 3.8) is 0 Å². The number of likely N-dealkylation sites (N-methyl/N-ethyl adjacent to an activating group) is 1. The van der Waals surface area contributed by atoms with Crippen LogP contribution in [-0.2, 0) is 20.4 Å². The first-order valence-corrected chi connectivity index (χ1v) is 14.8. The fraction of sp³-hybridized carbons (Fsp3) is 0.276. The average molecular weight is 534 g/mol. The molecule has 0 spiro atoms. The van der Waals surface area contributed by atoms with Gasteiger partial charge in [-0.05, 0) is 79.6 Å². The van der Waals surface area contributed by atoms with Gasteiger partial charge in [-0.15, -0.1) is 0 Å². The van der Waals surface area contributed by atoms with E-state index >= 15 is 0 Å². The Morgan fingerprint density at radius 1 is 0.946 bits per heavy atom. The van der Waals surface area contributed by atoms with Crippen molar-refractivity contribution >= 4 is 45.0 Å². The number of carbonyl (C=O) groups excluding carboxylic acids is 1. The van der Waals surface area contributed by atoms with Gasteiger partial charge in [-0.25, -0.2) is 8.42 Å². The minimum absolute atomic E-state index is 0.0688. The highest BCUT2D eigenvalue weighted by Gasteiger charge is 2.25. The normalized spacial score (nSPS) is 17.5. The average Bonchev–Trinajstić information content (AvgIpc) is 2.87. The number of nitrogens with one attached hydrogen (secondary N) is 1. The molecule has 0 unspecified atom stereocenters. The molecule has 0 aliphatic carbocycles. The summed E-state index contributed by atoms with van der Waals surface area (Å²) in [6.07, 6.45) is 1.88. The molecule has 37 heavy (non-hydrogen) atoms. The smallest absolute Gasteiger partial charge is 0.262 e. The van der Waals surface area contributed by atoms with Crippen LogP contribution >= 0.6 is 11.8 Å². The molecule has 192 valence electrons. The van der Waals surface area contributed by atoms with Crippen LogP contribution in [0, 0.1) is 13.8 Å². The van der Waals surface area contributed by atoms with E-state index in [2.05, 4.69) is 34.3 Å². The van der Waals surface area contributed by atoms with Gasteiger partial charge < -0.3 is 15.1 Å². The molecule has 2 aliphatic rings. The predicted molar refractivity (Wildman–Crippen MR) is 152 cm³/mol. The van der Waals surface area contributed by atoms with Gasteiger partial charge in [-0.3, -0.25) is 4.79 Å². The maximum Gasteiger partial charge on any atom is 0.262 e. The van der Waals surface area contributed by atoms with Crippen molar-refractivity contribution in [2.24, 2.45) is 0 Å². The van der Waals surface area contributed by atoms with Gasteiger partial charge in [0, 0.05) is 36.8 Å². The number of carbonyl (C=O) groups is 1. The second-order valence-corrected chi connectivity index (χ2v) is 12.8. The van der Waals surface area contributed by atoms with Crippen LogP contribution in [-0.4, -0.2) is 52.5 Å². The van der Waals surface area contributed by atoms with Crippen molar-refractivity contribution in [2.75, 3.05) is 43.4 Å². The van der Waals surface area contributed by atoms with Crippen molar-refractivity contribution in [3.8, 4) is 0 Å². The summed E-state index contributed by atoms with van der Waals surface area (Å²) in [4.78, 5) is 19.2. The maximum atomic E-state index is 13.2. The molecule has 1 fully saturated rings.